The predicted octanol–water partition coefficient (Wildman–Crippen LogP) is 3.18. The van der Waals surface area contributed by atoms with Gasteiger partial charge in [-0.3, -0.25) is 0 Å². The first-order chi connectivity index (χ1) is 9.22. The van der Waals surface area contributed by atoms with E-state index in [1.807, 2.05) is 6.92 Å². The topological polar surface area (TPSA) is 26.2 Å². The van der Waals surface area contributed by atoms with Gasteiger partial charge >= 0.3 is 0 Å². The van der Waals surface area contributed by atoms with Crippen LogP contribution in [-0.2, 0) is 17.8 Å². The van der Waals surface area contributed by atoms with Gasteiger partial charge in [-0.15, -0.1) is 0 Å². The number of aromatic nitrogens is 1. The number of hydrogen-bond acceptors (Lipinski definition) is 2. The molecule has 3 nitrogen and oxygen atoms in total. The summed E-state index contributed by atoms with van der Waals surface area (Å²) in [6, 6.07) is 9.19. The molecule has 0 spiro atoms. The largest absolute Gasteiger partial charge is 0.380 e. The van der Waals surface area contributed by atoms with Crippen LogP contribution >= 0.6 is 0 Å². The molecule has 104 valence electrons. The smallest absolute Gasteiger partial charge is 0.0645 e. The summed E-state index contributed by atoms with van der Waals surface area (Å²) in [5.41, 5.74) is 2.68. The predicted molar refractivity (Wildman–Crippen MR) is 80.4 cm³/mol. The van der Waals surface area contributed by atoms with E-state index in [1.54, 1.807) is 0 Å². The average Bonchev–Trinajstić information content (AvgIpc) is 2.81. The van der Waals surface area contributed by atoms with Crippen LogP contribution in [0.3, 0.4) is 0 Å². The van der Waals surface area contributed by atoms with E-state index in [4.69, 9.17) is 4.74 Å². The van der Waals surface area contributed by atoms with Gasteiger partial charge < -0.3 is 14.6 Å². The van der Waals surface area contributed by atoms with Gasteiger partial charge in [0.25, 0.3) is 0 Å². The van der Waals surface area contributed by atoms with E-state index in [-0.39, 0.29) is 0 Å². The molecule has 0 atom stereocenters. The Morgan fingerprint density at radius 1 is 1.26 bits per heavy atom. The van der Waals surface area contributed by atoms with Gasteiger partial charge in [-0.2, -0.15) is 0 Å². The lowest BCUT2D eigenvalue weighted by Gasteiger charge is -2.12. The zero-order valence-corrected chi connectivity index (χ0v) is 12.1. The van der Waals surface area contributed by atoms with Gasteiger partial charge in [0, 0.05) is 31.9 Å². The first-order valence-corrected chi connectivity index (χ1v) is 7.10. The molecule has 0 radical (unpaired) electrons. The monoisotopic (exact) mass is 260 g/mol. The number of nitrogens with one attached hydrogen (secondary N) is 1. The Bertz CT molecular complexity index is 516. The van der Waals surface area contributed by atoms with Gasteiger partial charge in [0.05, 0.1) is 12.1 Å². The van der Waals surface area contributed by atoms with Crippen LogP contribution in [0.4, 0.5) is 0 Å². The number of nitrogens with zero attached hydrogens (tertiary/aromatic N) is 1. The van der Waals surface area contributed by atoms with Crippen molar-refractivity contribution in [1.82, 2.24) is 9.88 Å². The molecule has 0 bridgehead atoms. The maximum atomic E-state index is 5.46. The van der Waals surface area contributed by atoms with E-state index in [2.05, 4.69) is 54.2 Å². The third kappa shape index (κ3) is 3.58. The third-order valence-electron chi connectivity index (χ3n) is 3.25. The van der Waals surface area contributed by atoms with Crippen LogP contribution in [0.1, 0.15) is 26.3 Å². The van der Waals surface area contributed by atoms with Gasteiger partial charge in [0.1, 0.15) is 0 Å². The zero-order chi connectivity index (χ0) is 13.7. The van der Waals surface area contributed by atoms with Crippen molar-refractivity contribution in [2.75, 3.05) is 13.2 Å². The molecule has 19 heavy (non-hydrogen) atoms. The van der Waals surface area contributed by atoms with Crippen molar-refractivity contribution < 1.29 is 4.74 Å². The Morgan fingerprint density at radius 3 is 2.84 bits per heavy atom. The fourth-order valence-corrected chi connectivity index (χ4v) is 2.29. The fraction of sp³-hybridized carbons (Fsp3) is 0.500. The van der Waals surface area contributed by atoms with E-state index in [1.165, 1.54) is 16.5 Å². The van der Waals surface area contributed by atoms with Crippen LogP contribution in [0.2, 0.25) is 0 Å². The number of para-hydroxylation sites is 1. The Hall–Kier alpha value is -1.32. The maximum Gasteiger partial charge on any atom is 0.0645 e. The molecule has 1 aromatic heterocycles. The Balaban J connectivity index is 2.22. The van der Waals surface area contributed by atoms with Crippen molar-refractivity contribution in [1.29, 1.82) is 0 Å². The van der Waals surface area contributed by atoms with Gasteiger partial charge in [-0.1, -0.05) is 32.0 Å². The van der Waals surface area contributed by atoms with Gasteiger partial charge in [-0.05, 0) is 23.9 Å². The zero-order valence-electron chi connectivity index (χ0n) is 12.1. The molecule has 0 saturated carbocycles. The first-order valence-electron chi connectivity index (χ1n) is 7.10. The fourth-order valence-electron chi connectivity index (χ4n) is 2.29. The first kappa shape index (κ1) is 14.1. The number of benzene rings is 1. The van der Waals surface area contributed by atoms with E-state index in [0.717, 1.165) is 26.3 Å². The second kappa shape index (κ2) is 6.73. The number of rotatable bonds is 7. The summed E-state index contributed by atoms with van der Waals surface area (Å²) in [5.74, 6) is 0. The molecule has 0 fully saturated rings. The van der Waals surface area contributed by atoms with Crippen LogP contribution < -0.4 is 5.32 Å². The van der Waals surface area contributed by atoms with Gasteiger partial charge in [0.2, 0.25) is 0 Å². The molecule has 0 aliphatic heterocycles. The summed E-state index contributed by atoms with van der Waals surface area (Å²) in [7, 11) is 0. The maximum absolute atomic E-state index is 5.46. The summed E-state index contributed by atoms with van der Waals surface area (Å²) in [6.45, 7) is 9.76. The minimum Gasteiger partial charge on any atom is -0.380 e. The van der Waals surface area contributed by atoms with E-state index >= 15 is 0 Å². The number of fused-ring (bicyclic) bond motifs is 1. The van der Waals surface area contributed by atoms with Crippen LogP contribution in [0.25, 0.3) is 10.9 Å². The SMILES string of the molecule is CCOCCn1ccc2cccc(CNC(C)C)c21. The van der Waals surface area contributed by atoms with Crippen molar-refractivity contribution in [3.8, 4) is 0 Å². The number of hydrogen-bond donors (Lipinski definition) is 1. The quantitative estimate of drug-likeness (QED) is 0.774. The third-order valence-corrected chi connectivity index (χ3v) is 3.25. The highest BCUT2D eigenvalue weighted by atomic mass is 16.5. The molecule has 0 aliphatic carbocycles. The lowest BCUT2D eigenvalue weighted by atomic mass is 10.1. The highest BCUT2D eigenvalue weighted by molar-refractivity contribution is 5.83. The average molecular weight is 260 g/mol. The molecule has 0 unspecified atom stereocenters. The van der Waals surface area contributed by atoms with Crippen LogP contribution in [-0.4, -0.2) is 23.8 Å². The van der Waals surface area contributed by atoms with E-state index < -0.39 is 0 Å². The molecule has 0 saturated heterocycles. The highest BCUT2D eigenvalue weighted by Gasteiger charge is 2.06. The second-order valence-corrected chi connectivity index (χ2v) is 5.10. The Morgan fingerprint density at radius 2 is 2.11 bits per heavy atom. The van der Waals surface area contributed by atoms with Crippen molar-refractivity contribution in [3.63, 3.8) is 0 Å². The summed E-state index contributed by atoms with van der Waals surface area (Å²) in [4.78, 5) is 0. The van der Waals surface area contributed by atoms with Crippen molar-refractivity contribution >= 4 is 10.9 Å². The van der Waals surface area contributed by atoms with Crippen LogP contribution in [0.5, 0.6) is 0 Å². The molecule has 1 N–H and O–H groups in total. The molecule has 0 aliphatic rings. The summed E-state index contributed by atoms with van der Waals surface area (Å²) in [6.07, 6.45) is 2.16. The normalized spacial score (nSPS) is 11.6. The second-order valence-electron chi connectivity index (χ2n) is 5.10. The Kier molecular flexibility index (Phi) is 5.00. The van der Waals surface area contributed by atoms with E-state index in [9.17, 15) is 0 Å². The standard InChI is InChI=1S/C16H24N2O/c1-4-19-11-10-18-9-8-14-6-5-7-15(16(14)18)12-17-13(2)3/h5-9,13,17H,4,10-12H2,1-3H3. The molecule has 3 heteroatoms. The lowest BCUT2D eigenvalue weighted by molar-refractivity contribution is 0.140. The van der Waals surface area contributed by atoms with Crippen LogP contribution in [0.15, 0.2) is 30.5 Å². The van der Waals surface area contributed by atoms with Crippen molar-refractivity contribution in [3.05, 3.63) is 36.0 Å². The molecular weight excluding hydrogens is 236 g/mol. The van der Waals surface area contributed by atoms with Crippen molar-refractivity contribution in [2.24, 2.45) is 0 Å². The lowest BCUT2D eigenvalue weighted by Crippen LogP contribution is -2.22. The minimum atomic E-state index is 0.502. The summed E-state index contributed by atoms with van der Waals surface area (Å²) >= 11 is 0. The van der Waals surface area contributed by atoms with Crippen molar-refractivity contribution in [2.45, 2.75) is 39.9 Å². The minimum absolute atomic E-state index is 0.502. The molecule has 0 amide bonds. The highest BCUT2D eigenvalue weighted by Crippen LogP contribution is 2.20. The molecular formula is C16H24N2O. The van der Waals surface area contributed by atoms with Gasteiger partial charge in [0.15, 0.2) is 0 Å². The molecule has 1 heterocycles. The summed E-state index contributed by atoms with van der Waals surface area (Å²) in [5, 5.41) is 4.80. The molecule has 1 aromatic carbocycles. The Labute approximate surface area is 115 Å². The molecule has 2 aromatic rings. The molecule has 2 rings (SSSR count). The number of ether oxygens (including phenoxy) is 1. The summed E-state index contributed by atoms with van der Waals surface area (Å²) < 4.78 is 7.75. The van der Waals surface area contributed by atoms with Gasteiger partial charge in [-0.25, -0.2) is 0 Å². The van der Waals surface area contributed by atoms with E-state index in [0.29, 0.717) is 6.04 Å². The van der Waals surface area contributed by atoms with Crippen LogP contribution in [0, 0.1) is 0 Å².